The fourth-order valence-electron chi connectivity index (χ4n) is 2.91. The van der Waals surface area contributed by atoms with Crippen LogP contribution in [-0.2, 0) is 9.53 Å². The van der Waals surface area contributed by atoms with Gasteiger partial charge in [-0.2, -0.15) is 0 Å². The van der Waals surface area contributed by atoms with Crippen molar-refractivity contribution in [1.82, 2.24) is 4.90 Å². The van der Waals surface area contributed by atoms with E-state index < -0.39 is 5.97 Å². The first-order chi connectivity index (χ1) is 9.75. The Hall–Kier alpha value is -2.07. The lowest BCUT2D eigenvalue weighted by atomic mass is 9.89. The summed E-state index contributed by atoms with van der Waals surface area (Å²) in [5.74, 6) is -1.12. The largest absolute Gasteiger partial charge is 0.481 e. The van der Waals surface area contributed by atoms with Crippen molar-refractivity contribution >= 4 is 5.97 Å². The Balaban J connectivity index is 1.81. The number of allylic oxidation sites excluding steroid dienone is 2. The first-order valence-electron chi connectivity index (χ1n) is 6.76. The topological polar surface area (TPSA) is 49.8 Å². The van der Waals surface area contributed by atoms with E-state index in [0.717, 1.165) is 5.56 Å². The quantitative estimate of drug-likeness (QED) is 0.915. The first kappa shape index (κ1) is 12.9. The highest BCUT2D eigenvalue weighted by Gasteiger charge is 2.40. The Morgan fingerprint density at radius 1 is 1.20 bits per heavy atom. The molecule has 3 atom stereocenters. The summed E-state index contributed by atoms with van der Waals surface area (Å²) in [6, 6.07) is 9.86. The fraction of sp³-hybridized carbons (Fsp3) is 0.312. The number of aliphatic carboxylic acids is 1. The van der Waals surface area contributed by atoms with Gasteiger partial charge in [0.25, 0.3) is 0 Å². The molecule has 2 aliphatic heterocycles. The summed E-state index contributed by atoms with van der Waals surface area (Å²) >= 11 is 0. The highest BCUT2D eigenvalue weighted by molar-refractivity contribution is 5.72. The van der Waals surface area contributed by atoms with Crippen LogP contribution in [-0.4, -0.2) is 35.3 Å². The van der Waals surface area contributed by atoms with E-state index in [-0.39, 0.29) is 18.1 Å². The number of likely N-dealkylation sites (tertiary alicyclic amines) is 1. The van der Waals surface area contributed by atoms with E-state index in [0.29, 0.717) is 13.1 Å². The molecule has 0 aromatic heterocycles. The van der Waals surface area contributed by atoms with Crippen molar-refractivity contribution in [3.8, 4) is 0 Å². The smallest absolute Gasteiger partial charge is 0.308 e. The van der Waals surface area contributed by atoms with Crippen LogP contribution in [0.2, 0.25) is 0 Å². The Bertz CT molecular complexity index is 538. The zero-order valence-corrected chi connectivity index (χ0v) is 11.1. The number of carboxylic acids is 1. The molecular weight excluding hydrogens is 254 g/mol. The van der Waals surface area contributed by atoms with Gasteiger partial charge in [0.05, 0.1) is 12.2 Å². The third kappa shape index (κ3) is 2.47. The van der Waals surface area contributed by atoms with Gasteiger partial charge in [-0.05, 0) is 17.7 Å². The summed E-state index contributed by atoms with van der Waals surface area (Å²) in [5, 5.41) is 9.46. The number of carboxylic acid groups (broad SMARTS) is 1. The van der Waals surface area contributed by atoms with Crippen LogP contribution in [0.15, 0.2) is 54.8 Å². The first-order valence-corrected chi connectivity index (χ1v) is 6.76. The molecule has 0 aliphatic carbocycles. The molecular formula is C16H17NO3. The van der Waals surface area contributed by atoms with Crippen LogP contribution in [0.1, 0.15) is 11.5 Å². The summed E-state index contributed by atoms with van der Waals surface area (Å²) < 4.78 is 5.54. The predicted octanol–water partition coefficient (Wildman–Crippen LogP) is 2.21. The number of carbonyl (C=O) groups is 1. The van der Waals surface area contributed by atoms with Gasteiger partial charge in [0.1, 0.15) is 0 Å². The molecule has 0 radical (unpaired) electrons. The summed E-state index contributed by atoms with van der Waals surface area (Å²) in [6.07, 6.45) is 7.20. The molecule has 4 nitrogen and oxygen atoms in total. The fourth-order valence-corrected chi connectivity index (χ4v) is 2.91. The molecule has 1 saturated heterocycles. The van der Waals surface area contributed by atoms with Gasteiger partial charge in [0.2, 0.25) is 0 Å². The van der Waals surface area contributed by atoms with Gasteiger partial charge < -0.3 is 9.84 Å². The molecule has 2 aliphatic rings. The van der Waals surface area contributed by atoms with E-state index in [1.165, 1.54) is 0 Å². The van der Waals surface area contributed by atoms with Gasteiger partial charge in [-0.3, -0.25) is 9.69 Å². The second kappa shape index (κ2) is 5.51. The molecule has 20 heavy (non-hydrogen) atoms. The number of nitrogens with zero attached hydrogens (tertiary/aromatic N) is 1. The monoisotopic (exact) mass is 271 g/mol. The maximum atomic E-state index is 11.5. The maximum absolute atomic E-state index is 11.5. The molecule has 0 bridgehead atoms. The highest BCUT2D eigenvalue weighted by atomic mass is 16.5. The molecule has 1 aromatic rings. The minimum absolute atomic E-state index is 0.0107. The Morgan fingerprint density at radius 2 is 2.00 bits per heavy atom. The molecule has 3 rings (SSSR count). The van der Waals surface area contributed by atoms with Gasteiger partial charge in [-0.25, -0.2) is 0 Å². The van der Waals surface area contributed by atoms with Crippen LogP contribution in [0.4, 0.5) is 0 Å². The zero-order chi connectivity index (χ0) is 13.9. The maximum Gasteiger partial charge on any atom is 0.308 e. The van der Waals surface area contributed by atoms with E-state index in [9.17, 15) is 9.90 Å². The van der Waals surface area contributed by atoms with E-state index in [1.807, 2.05) is 48.6 Å². The van der Waals surface area contributed by atoms with Crippen LogP contribution in [0.5, 0.6) is 0 Å². The Kier molecular flexibility index (Phi) is 3.56. The lowest BCUT2D eigenvalue weighted by molar-refractivity contribution is -0.141. The molecule has 1 N–H and O–H groups in total. The summed E-state index contributed by atoms with van der Waals surface area (Å²) in [7, 11) is 0. The van der Waals surface area contributed by atoms with Crippen molar-refractivity contribution in [3.05, 3.63) is 60.4 Å². The Morgan fingerprint density at radius 3 is 2.65 bits per heavy atom. The lowest BCUT2D eigenvalue weighted by Gasteiger charge is -2.25. The van der Waals surface area contributed by atoms with Crippen LogP contribution >= 0.6 is 0 Å². The number of rotatable bonds is 3. The third-order valence-corrected chi connectivity index (χ3v) is 3.94. The van der Waals surface area contributed by atoms with Gasteiger partial charge in [0, 0.05) is 19.0 Å². The van der Waals surface area contributed by atoms with E-state index in [1.54, 1.807) is 6.26 Å². The number of hydrogen-bond donors (Lipinski definition) is 1. The number of benzene rings is 1. The summed E-state index contributed by atoms with van der Waals surface area (Å²) in [5.41, 5.74) is 1.08. The van der Waals surface area contributed by atoms with Crippen molar-refractivity contribution in [3.63, 3.8) is 0 Å². The Labute approximate surface area is 118 Å². The van der Waals surface area contributed by atoms with Crippen molar-refractivity contribution in [2.24, 2.45) is 5.92 Å². The van der Waals surface area contributed by atoms with Crippen molar-refractivity contribution in [2.45, 2.75) is 12.1 Å². The van der Waals surface area contributed by atoms with E-state index >= 15 is 0 Å². The number of hydrogen-bond acceptors (Lipinski definition) is 3. The molecule has 1 fully saturated rings. The minimum atomic E-state index is -0.739. The van der Waals surface area contributed by atoms with Gasteiger partial charge in [-0.1, -0.05) is 36.4 Å². The van der Waals surface area contributed by atoms with Gasteiger partial charge >= 0.3 is 5.97 Å². The summed E-state index contributed by atoms with van der Waals surface area (Å²) in [6.45, 7) is 1.21. The van der Waals surface area contributed by atoms with Gasteiger partial charge in [-0.15, -0.1) is 0 Å². The minimum Gasteiger partial charge on any atom is -0.481 e. The van der Waals surface area contributed by atoms with Crippen molar-refractivity contribution < 1.29 is 14.6 Å². The SMILES string of the molecule is O=C(O)[C@H]1CN(C2C=CC=CO2)C[C@H]1c1ccccc1. The van der Waals surface area contributed by atoms with Crippen LogP contribution in [0.25, 0.3) is 0 Å². The molecule has 0 saturated carbocycles. The second-order valence-electron chi connectivity index (χ2n) is 5.16. The molecule has 1 aromatic carbocycles. The molecule has 2 heterocycles. The molecule has 0 spiro atoms. The number of ether oxygens (including phenoxy) is 1. The van der Waals surface area contributed by atoms with Crippen LogP contribution in [0.3, 0.4) is 0 Å². The average Bonchev–Trinajstić information content (AvgIpc) is 2.94. The highest BCUT2D eigenvalue weighted by Crippen LogP contribution is 2.34. The third-order valence-electron chi connectivity index (χ3n) is 3.94. The molecule has 1 unspecified atom stereocenters. The van der Waals surface area contributed by atoms with Crippen LogP contribution in [0, 0.1) is 5.92 Å². The standard InChI is InChI=1S/C16H17NO3/c18-16(19)14-11-17(15-8-4-5-9-20-15)10-13(14)12-6-2-1-3-7-12/h1-9,13-15H,10-11H2,(H,18,19)/t13-,14-,15?/m0/s1. The second-order valence-corrected chi connectivity index (χ2v) is 5.16. The average molecular weight is 271 g/mol. The summed E-state index contributed by atoms with van der Waals surface area (Å²) in [4.78, 5) is 13.6. The van der Waals surface area contributed by atoms with Crippen molar-refractivity contribution in [2.75, 3.05) is 13.1 Å². The van der Waals surface area contributed by atoms with E-state index in [2.05, 4.69) is 4.90 Å². The van der Waals surface area contributed by atoms with E-state index in [4.69, 9.17) is 4.74 Å². The zero-order valence-electron chi connectivity index (χ0n) is 11.1. The lowest BCUT2D eigenvalue weighted by Crippen LogP contribution is -2.34. The van der Waals surface area contributed by atoms with Gasteiger partial charge in [0.15, 0.2) is 6.23 Å². The van der Waals surface area contributed by atoms with Crippen LogP contribution < -0.4 is 0 Å². The van der Waals surface area contributed by atoms with Crippen molar-refractivity contribution in [1.29, 1.82) is 0 Å². The predicted molar refractivity (Wildman–Crippen MR) is 75.0 cm³/mol. The normalized spacial score (nSPS) is 29.3. The molecule has 104 valence electrons. The molecule has 0 amide bonds. The molecule has 4 heteroatoms.